The van der Waals surface area contributed by atoms with E-state index in [0.29, 0.717) is 5.92 Å². The molecule has 2 rings (SSSR count). The number of rotatable bonds is 0. The van der Waals surface area contributed by atoms with E-state index in [1.54, 1.807) is 0 Å². The molecule has 1 heteroatoms. The van der Waals surface area contributed by atoms with Gasteiger partial charge in [-0.25, -0.2) is 0 Å². The standard InChI is InChI=1S/C8H14O/c1-5-4-7-6(5)2-3-8(7)9/h5-9H,2-4H2,1H3. The predicted octanol–water partition coefficient (Wildman–Crippen LogP) is 1.41. The van der Waals surface area contributed by atoms with Crippen molar-refractivity contribution in [1.29, 1.82) is 0 Å². The molecule has 4 unspecified atom stereocenters. The minimum Gasteiger partial charge on any atom is -0.393 e. The van der Waals surface area contributed by atoms with Crippen LogP contribution < -0.4 is 0 Å². The lowest BCUT2D eigenvalue weighted by molar-refractivity contribution is 0.0256. The summed E-state index contributed by atoms with van der Waals surface area (Å²) in [5.74, 6) is 2.49. The summed E-state index contributed by atoms with van der Waals surface area (Å²) in [5.41, 5.74) is 0. The maximum absolute atomic E-state index is 9.34. The van der Waals surface area contributed by atoms with Crippen LogP contribution >= 0.6 is 0 Å². The first kappa shape index (κ1) is 5.72. The Labute approximate surface area is 56.1 Å². The average molecular weight is 126 g/mol. The zero-order valence-electron chi connectivity index (χ0n) is 5.88. The van der Waals surface area contributed by atoms with Crippen molar-refractivity contribution in [2.24, 2.45) is 17.8 Å². The lowest BCUT2D eigenvalue weighted by atomic mass is 9.67. The summed E-state index contributed by atoms with van der Waals surface area (Å²) in [6.45, 7) is 2.30. The van der Waals surface area contributed by atoms with Crippen LogP contribution in [0.15, 0.2) is 0 Å². The average Bonchev–Trinajstić information content (AvgIpc) is 2.07. The van der Waals surface area contributed by atoms with E-state index in [1.165, 1.54) is 12.8 Å². The summed E-state index contributed by atoms with van der Waals surface area (Å²) < 4.78 is 0. The highest BCUT2D eigenvalue weighted by Crippen LogP contribution is 2.50. The fourth-order valence-electron chi connectivity index (χ4n) is 2.52. The van der Waals surface area contributed by atoms with Crippen molar-refractivity contribution in [3.8, 4) is 0 Å². The van der Waals surface area contributed by atoms with Gasteiger partial charge in [0.1, 0.15) is 0 Å². The lowest BCUT2D eigenvalue weighted by Gasteiger charge is -2.39. The zero-order valence-corrected chi connectivity index (χ0v) is 5.88. The fraction of sp³-hybridized carbons (Fsp3) is 1.00. The van der Waals surface area contributed by atoms with E-state index in [4.69, 9.17) is 0 Å². The van der Waals surface area contributed by atoms with Gasteiger partial charge in [0.05, 0.1) is 6.10 Å². The monoisotopic (exact) mass is 126 g/mol. The molecule has 0 aliphatic heterocycles. The van der Waals surface area contributed by atoms with E-state index < -0.39 is 0 Å². The van der Waals surface area contributed by atoms with Crippen molar-refractivity contribution in [3.63, 3.8) is 0 Å². The second-order valence-corrected chi connectivity index (χ2v) is 3.69. The normalized spacial score (nSPS) is 56.7. The summed E-state index contributed by atoms with van der Waals surface area (Å²) in [4.78, 5) is 0. The van der Waals surface area contributed by atoms with E-state index in [9.17, 15) is 5.11 Å². The van der Waals surface area contributed by atoms with E-state index in [1.807, 2.05) is 0 Å². The molecule has 9 heavy (non-hydrogen) atoms. The molecule has 1 nitrogen and oxygen atoms in total. The summed E-state index contributed by atoms with van der Waals surface area (Å²) in [7, 11) is 0. The Morgan fingerprint density at radius 1 is 1.22 bits per heavy atom. The molecule has 0 aromatic heterocycles. The Morgan fingerprint density at radius 2 is 2.00 bits per heavy atom. The van der Waals surface area contributed by atoms with E-state index in [2.05, 4.69) is 6.92 Å². The highest BCUT2D eigenvalue weighted by atomic mass is 16.3. The topological polar surface area (TPSA) is 20.2 Å². The number of fused-ring (bicyclic) bond motifs is 1. The zero-order chi connectivity index (χ0) is 6.43. The van der Waals surface area contributed by atoms with Gasteiger partial charge in [0.2, 0.25) is 0 Å². The van der Waals surface area contributed by atoms with Gasteiger partial charge in [0, 0.05) is 0 Å². The highest BCUT2D eigenvalue weighted by molar-refractivity contribution is 4.96. The van der Waals surface area contributed by atoms with Crippen molar-refractivity contribution in [3.05, 3.63) is 0 Å². The maximum Gasteiger partial charge on any atom is 0.0571 e. The van der Waals surface area contributed by atoms with Crippen LogP contribution in [-0.4, -0.2) is 11.2 Å². The van der Waals surface area contributed by atoms with Gasteiger partial charge in [0.15, 0.2) is 0 Å². The Kier molecular flexibility index (Phi) is 1.10. The van der Waals surface area contributed by atoms with Crippen LogP contribution in [0.5, 0.6) is 0 Å². The summed E-state index contributed by atoms with van der Waals surface area (Å²) in [6.07, 6.45) is 3.70. The Hall–Kier alpha value is -0.0400. The van der Waals surface area contributed by atoms with Gasteiger partial charge in [-0.05, 0) is 37.0 Å². The third kappa shape index (κ3) is 0.644. The van der Waals surface area contributed by atoms with Crippen LogP contribution in [0.1, 0.15) is 26.2 Å². The maximum atomic E-state index is 9.34. The quantitative estimate of drug-likeness (QED) is 0.520. The number of aliphatic hydroxyl groups excluding tert-OH is 1. The Balaban J connectivity index is 2.03. The van der Waals surface area contributed by atoms with Crippen LogP contribution in [0.25, 0.3) is 0 Å². The minimum absolute atomic E-state index is 0.0613. The Morgan fingerprint density at radius 3 is 2.44 bits per heavy atom. The van der Waals surface area contributed by atoms with Crippen LogP contribution in [0, 0.1) is 17.8 Å². The molecule has 0 aromatic carbocycles. The van der Waals surface area contributed by atoms with Crippen molar-refractivity contribution in [2.45, 2.75) is 32.3 Å². The molecule has 2 saturated carbocycles. The molecule has 0 radical (unpaired) electrons. The molecule has 2 aliphatic carbocycles. The molecule has 4 atom stereocenters. The first-order valence-electron chi connectivity index (χ1n) is 3.97. The van der Waals surface area contributed by atoms with E-state index in [0.717, 1.165) is 18.3 Å². The number of hydrogen-bond acceptors (Lipinski definition) is 1. The Bertz CT molecular complexity index is 120. The van der Waals surface area contributed by atoms with Gasteiger partial charge in [0.25, 0.3) is 0 Å². The molecule has 2 fully saturated rings. The molecule has 0 spiro atoms. The molecule has 0 saturated heterocycles. The van der Waals surface area contributed by atoms with Crippen molar-refractivity contribution in [1.82, 2.24) is 0 Å². The van der Waals surface area contributed by atoms with Gasteiger partial charge in [-0.2, -0.15) is 0 Å². The number of aliphatic hydroxyl groups is 1. The van der Waals surface area contributed by atoms with Crippen molar-refractivity contribution < 1.29 is 5.11 Å². The third-order valence-electron chi connectivity index (χ3n) is 3.21. The molecule has 0 bridgehead atoms. The van der Waals surface area contributed by atoms with Crippen molar-refractivity contribution in [2.75, 3.05) is 0 Å². The molecular weight excluding hydrogens is 112 g/mol. The fourth-order valence-corrected chi connectivity index (χ4v) is 2.52. The molecule has 0 amide bonds. The van der Waals surface area contributed by atoms with Crippen LogP contribution in [0.4, 0.5) is 0 Å². The smallest absolute Gasteiger partial charge is 0.0571 e. The summed E-state index contributed by atoms with van der Waals surface area (Å²) in [6, 6.07) is 0. The van der Waals surface area contributed by atoms with Gasteiger partial charge < -0.3 is 5.11 Å². The molecule has 0 aromatic rings. The summed E-state index contributed by atoms with van der Waals surface area (Å²) in [5, 5.41) is 9.34. The predicted molar refractivity (Wildman–Crippen MR) is 36.0 cm³/mol. The summed E-state index contributed by atoms with van der Waals surface area (Å²) >= 11 is 0. The first-order chi connectivity index (χ1) is 4.29. The van der Waals surface area contributed by atoms with E-state index in [-0.39, 0.29) is 6.10 Å². The SMILES string of the molecule is CC1CC2C(O)CCC12. The van der Waals surface area contributed by atoms with Gasteiger partial charge in [-0.15, -0.1) is 0 Å². The molecule has 2 aliphatic rings. The second-order valence-electron chi connectivity index (χ2n) is 3.69. The van der Waals surface area contributed by atoms with Gasteiger partial charge >= 0.3 is 0 Å². The molecular formula is C8H14O. The number of hydrogen-bond donors (Lipinski definition) is 1. The van der Waals surface area contributed by atoms with Gasteiger partial charge in [-0.1, -0.05) is 6.92 Å². The lowest BCUT2D eigenvalue weighted by Crippen LogP contribution is -2.35. The molecule has 52 valence electrons. The van der Waals surface area contributed by atoms with Crippen LogP contribution in [0.3, 0.4) is 0 Å². The second kappa shape index (κ2) is 1.72. The van der Waals surface area contributed by atoms with Crippen LogP contribution in [-0.2, 0) is 0 Å². The highest BCUT2D eigenvalue weighted by Gasteiger charge is 2.46. The van der Waals surface area contributed by atoms with Crippen molar-refractivity contribution >= 4 is 0 Å². The largest absolute Gasteiger partial charge is 0.393 e. The van der Waals surface area contributed by atoms with Crippen LogP contribution in [0.2, 0.25) is 0 Å². The molecule has 1 N–H and O–H groups in total. The minimum atomic E-state index is 0.0613. The van der Waals surface area contributed by atoms with Gasteiger partial charge in [-0.3, -0.25) is 0 Å². The first-order valence-corrected chi connectivity index (χ1v) is 3.97. The molecule has 0 heterocycles. The third-order valence-corrected chi connectivity index (χ3v) is 3.21. The van der Waals surface area contributed by atoms with E-state index >= 15 is 0 Å².